The average Bonchev–Trinajstić information content (AvgIpc) is 3.38. The maximum Gasteiger partial charge on any atom is 0.191 e. The minimum Gasteiger partial charge on any atom is -0.494 e. The van der Waals surface area contributed by atoms with E-state index >= 15 is 0 Å². The van der Waals surface area contributed by atoms with Gasteiger partial charge in [-0.05, 0) is 37.2 Å². The molecular formula is C33H39F2N7O3Si. The molecule has 242 valence electrons. The Morgan fingerprint density at radius 1 is 0.978 bits per heavy atom. The summed E-state index contributed by atoms with van der Waals surface area (Å²) in [5.41, 5.74) is 0.986. The first-order valence-electron chi connectivity index (χ1n) is 15.2. The van der Waals surface area contributed by atoms with Gasteiger partial charge in [0.15, 0.2) is 25.7 Å². The van der Waals surface area contributed by atoms with Crippen LogP contribution in [0.3, 0.4) is 0 Å². The van der Waals surface area contributed by atoms with E-state index in [0.717, 1.165) is 5.39 Å². The van der Waals surface area contributed by atoms with Crippen molar-refractivity contribution >= 4 is 30.9 Å². The standard InChI is InChI=1S/C33H39F2N7O3Si/c1-7-43-22-17-25(34)24(26(35)18-22)20-42-27-12-9-8-11-23(27)30(41-42)32-37-19-28(31(40-32)39-29-13-14-36-21-38-29)44-15-10-16-45-46(5,6)33(2,3)4/h8-9,11-14,17-19,21H,7,10,15-16,20H2,1-6H3,(H,36,37,38,39,40). The van der Waals surface area contributed by atoms with Crippen LogP contribution in [0.5, 0.6) is 11.5 Å². The second-order valence-corrected chi connectivity index (χ2v) is 17.1. The van der Waals surface area contributed by atoms with Crippen LogP contribution in [0.2, 0.25) is 18.1 Å². The molecule has 5 aromatic rings. The quantitative estimate of drug-likeness (QED) is 0.102. The van der Waals surface area contributed by atoms with Gasteiger partial charge >= 0.3 is 0 Å². The molecule has 0 bridgehead atoms. The molecule has 3 aromatic heterocycles. The van der Waals surface area contributed by atoms with Gasteiger partial charge < -0.3 is 19.2 Å². The molecule has 10 nitrogen and oxygen atoms in total. The maximum absolute atomic E-state index is 15.0. The summed E-state index contributed by atoms with van der Waals surface area (Å²) >= 11 is 0. The highest BCUT2D eigenvalue weighted by Gasteiger charge is 2.36. The molecular weight excluding hydrogens is 608 g/mol. The normalized spacial score (nSPS) is 12.0. The molecule has 5 rings (SSSR count). The van der Waals surface area contributed by atoms with Gasteiger partial charge in [0.1, 0.15) is 35.2 Å². The number of hydrogen-bond acceptors (Lipinski definition) is 9. The lowest BCUT2D eigenvalue weighted by Crippen LogP contribution is -2.41. The van der Waals surface area contributed by atoms with E-state index in [-0.39, 0.29) is 22.9 Å². The van der Waals surface area contributed by atoms with Gasteiger partial charge in [0.25, 0.3) is 0 Å². The van der Waals surface area contributed by atoms with Crippen molar-refractivity contribution in [2.24, 2.45) is 0 Å². The number of aromatic nitrogens is 6. The second kappa shape index (κ2) is 13.9. The average molecular weight is 648 g/mol. The fourth-order valence-electron chi connectivity index (χ4n) is 4.49. The van der Waals surface area contributed by atoms with E-state index in [4.69, 9.17) is 24.0 Å². The minimum atomic E-state index is -1.86. The number of rotatable bonds is 13. The molecule has 0 aliphatic rings. The number of nitrogens with zero attached hydrogens (tertiary/aromatic N) is 6. The van der Waals surface area contributed by atoms with Gasteiger partial charge in [0.2, 0.25) is 0 Å². The third-order valence-corrected chi connectivity index (χ3v) is 12.5. The SMILES string of the molecule is CCOc1cc(F)c(Cn2nc(-c3ncc(OCCCO[Si](C)(C)C(C)(C)C)c(Nc4ccncn4)n3)c3ccccc32)c(F)c1. The highest BCUT2D eigenvalue weighted by Crippen LogP contribution is 2.37. The molecule has 2 aromatic carbocycles. The van der Waals surface area contributed by atoms with E-state index in [0.29, 0.717) is 60.7 Å². The molecule has 0 fully saturated rings. The molecule has 0 aliphatic heterocycles. The van der Waals surface area contributed by atoms with Crippen LogP contribution in [0.15, 0.2) is 61.2 Å². The molecule has 0 radical (unpaired) electrons. The summed E-state index contributed by atoms with van der Waals surface area (Å²) in [6.07, 6.45) is 5.32. The first-order chi connectivity index (χ1) is 22.0. The summed E-state index contributed by atoms with van der Waals surface area (Å²) in [4.78, 5) is 17.6. The Kier molecular flexibility index (Phi) is 9.92. The maximum atomic E-state index is 15.0. The van der Waals surface area contributed by atoms with E-state index in [2.05, 4.69) is 54.1 Å². The highest BCUT2D eigenvalue weighted by atomic mass is 28.4. The smallest absolute Gasteiger partial charge is 0.191 e. The van der Waals surface area contributed by atoms with E-state index in [9.17, 15) is 8.78 Å². The molecule has 1 N–H and O–H groups in total. The van der Waals surface area contributed by atoms with Crippen molar-refractivity contribution in [3.63, 3.8) is 0 Å². The molecule has 0 aliphatic carbocycles. The predicted molar refractivity (Wildman–Crippen MR) is 176 cm³/mol. The Balaban J connectivity index is 1.43. The zero-order valence-corrected chi connectivity index (χ0v) is 28.0. The number of fused-ring (bicyclic) bond motifs is 1. The summed E-state index contributed by atoms with van der Waals surface area (Å²) in [5.74, 6) is 0.333. The largest absolute Gasteiger partial charge is 0.494 e. The highest BCUT2D eigenvalue weighted by molar-refractivity contribution is 6.74. The van der Waals surface area contributed by atoms with Gasteiger partial charge in [-0.3, -0.25) is 4.68 Å². The molecule has 0 atom stereocenters. The van der Waals surface area contributed by atoms with Gasteiger partial charge in [-0.1, -0.05) is 39.0 Å². The van der Waals surface area contributed by atoms with Crippen LogP contribution in [0.1, 0.15) is 39.7 Å². The van der Waals surface area contributed by atoms with E-state index in [1.807, 2.05) is 24.3 Å². The number of para-hydroxylation sites is 1. The first kappa shape index (κ1) is 32.9. The van der Waals surface area contributed by atoms with Crippen molar-refractivity contribution in [2.45, 2.75) is 58.8 Å². The van der Waals surface area contributed by atoms with Gasteiger partial charge in [-0.15, -0.1) is 0 Å². The fraction of sp³-hybridized carbons (Fsp3) is 0.364. The molecule has 13 heteroatoms. The fourth-order valence-corrected chi connectivity index (χ4v) is 5.58. The summed E-state index contributed by atoms with van der Waals surface area (Å²) < 4.78 is 49.2. The monoisotopic (exact) mass is 647 g/mol. The molecule has 0 spiro atoms. The summed E-state index contributed by atoms with van der Waals surface area (Å²) in [6, 6.07) is 11.5. The van der Waals surface area contributed by atoms with Gasteiger partial charge in [-0.25, -0.2) is 28.7 Å². The van der Waals surface area contributed by atoms with Crippen molar-refractivity contribution < 1.29 is 22.7 Å². The Labute approximate surface area is 268 Å². The lowest BCUT2D eigenvalue weighted by atomic mass is 10.1. The van der Waals surface area contributed by atoms with E-state index in [1.165, 1.54) is 18.5 Å². The van der Waals surface area contributed by atoms with Crippen molar-refractivity contribution in [2.75, 3.05) is 25.1 Å². The number of ether oxygens (including phenoxy) is 2. The first-order valence-corrected chi connectivity index (χ1v) is 18.1. The second-order valence-electron chi connectivity index (χ2n) is 12.3. The van der Waals surface area contributed by atoms with E-state index < -0.39 is 20.0 Å². The molecule has 0 amide bonds. The summed E-state index contributed by atoms with van der Waals surface area (Å²) in [7, 11) is -1.86. The van der Waals surface area contributed by atoms with Crippen LogP contribution in [0.25, 0.3) is 22.4 Å². The van der Waals surface area contributed by atoms with Gasteiger partial charge in [0, 0.05) is 42.3 Å². The number of halogens is 2. The van der Waals surface area contributed by atoms with Crippen LogP contribution in [-0.2, 0) is 11.0 Å². The summed E-state index contributed by atoms with van der Waals surface area (Å²) in [6.45, 7) is 14.0. The zero-order valence-electron chi connectivity index (χ0n) is 27.0. The lowest BCUT2D eigenvalue weighted by molar-refractivity contribution is 0.233. The van der Waals surface area contributed by atoms with Crippen molar-refractivity contribution in [3.8, 4) is 23.0 Å². The number of benzene rings is 2. The molecule has 0 saturated carbocycles. The predicted octanol–water partition coefficient (Wildman–Crippen LogP) is 7.54. The third kappa shape index (κ3) is 7.48. The van der Waals surface area contributed by atoms with Crippen LogP contribution in [-0.4, -0.2) is 57.9 Å². The number of hydrogen-bond donors (Lipinski definition) is 1. The van der Waals surface area contributed by atoms with E-state index in [1.54, 1.807) is 30.1 Å². The molecule has 0 saturated heterocycles. The Hall–Kier alpha value is -4.49. The van der Waals surface area contributed by atoms with Crippen LogP contribution in [0, 0.1) is 11.6 Å². The lowest BCUT2D eigenvalue weighted by Gasteiger charge is -2.36. The Morgan fingerprint density at radius 2 is 1.74 bits per heavy atom. The van der Waals surface area contributed by atoms with Crippen molar-refractivity contribution in [3.05, 3.63) is 78.4 Å². The third-order valence-electron chi connectivity index (χ3n) is 8.00. The van der Waals surface area contributed by atoms with Crippen LogP contribution < -0.4 is 14.8 Å². The Morgan fingerprint density at radius 3 is 2.43 bits per heavy atom. The zero-order chi connectivity index (χ0) is 32.9. The number of anilines is 2. The van der Waals surface area contributed by atoms with Gasteiger partial charge in [-0.2, -0.15) is 5.10 Å². The Bertz CT molecular complexity index is 1770. The minimum absolute atomic E-state index is 0.125. The van der Waals surface area contributed by atoms with Crippen molar-refractivity contribution in [1.82, 2.24) is 29.7 Å². The van der Waals surface area contributed by atoms with Gasteiger partial charge in [0.05, 0.1) is 31.5 Å². The molecule has 0 unspecified atom stereocenters. The van der Waals surface area contributed by atoms with Crippen LogP contribution in [0.4, 0.5) is 20.4 Å². The molecule has 3 heterocycles. The number of nitrogens with one attached hydrogen (secondary N) is 1. The topological polar surface area (TPSA) is 109 Å². The summed E-state index contributed by atoms with van der Waals surface area (Å²) in [5, 5.41) is 8.76. The molecule has 46 heavy (non-hydrogen) atoms. The van der Waals surface area contributed by atoms with Crippen LogP contribution >= 0.6 is 0 Å². The van der Waals surface area contributed by atoms with Crippen molar-refractivity contribution in [1.29, 1.82) is 0 Å².